The molecule has 0 bridgehead atoms. The molecule has 0 radical (unpaired) electrons. The molecule has 0 aromatic rings. The predicted molar refractivity (Wildman–Crippen MR) is 71.2 cm³/mol. The van der Waals surface area contributed by atoms with E-state index in [-0.39, 0.29) is 0 Å². The number of rotatable bonds is 8. The topological polar surface area (TPSA) is 18.5 Å². The first kappa shape index (κ1) is 14.5. The number of alkyl halides is 1. The second kappa shape index (κ2) is 7.67. The van der Waals surface area contributed by atoms with Crippen molar-refractivity contribution in [2.24, 2.45) is 11.3 Å². The molecule has 2 nitrogen and oxygen atoms in total. The minimum atomic E-state index is 0.415. The Morgan fingerprint density at radius 3 is 2.31 bits per heavy atom. The van der Waals surface area contributed by atoms with Gasteiger partial charge in [-0.1, -0.05) is 42.6 Å². The average molecular weight is 293 g/mol. The van der Waals surface area contributed by atoms with Gasteiger partial charge in [-0.3, -0.25) is 0 Å². The van der Waals surface area contributed by atoms with Crippen LogP contribution in [-0.4, -0.2) is 31.8 Å². The standard InChI is InChI=1S/C13H25BrO2/c1-12(2)9-15-7-8-16-11-13(10-14)5-3-4-6-13/h12H,3-11H2,1-2H3. The monoisotopic (exact) mass is 292 g/mol. The van der Waals surface area contributed by atoms with Gasteiger partial charge >= 0.3 is 0 Å². The Morgan fingerprint density at radius 2 is 1.75 bits per heavy atom. The van der Waals surface area contributed by atoms with Crippen LogP contribution in [0.3, 0.4) is 0 Å². The summed E-state index contributed by atoms with van der Waals surface area (Å²) in [6.07, 6.45) is 5.34. The highest BCUT2D eigenvalue weighted by Crippen LogP contribution is 2.39. The zero-order chi connectivity index (χ0) is 11.9. The Balaban J connectivity index is 2.01. The summed E-state index contributed by atoms with van der Waals surface area (Å²) in [5, 5.41) is 1.08. The van der Waals surface area contributed by atoms with Crippen molar-refractivity contribution in [2.45, 2.75) is 39.5 Å². The fourth-order valence-corrected chi connectivity index (χ4v) is 2.89. The fraction of sp³-hybridized carbons (Fsp3) is 1.00. The van der Waals surface area contributed by atoms with Crippen LogP contribution in [-0.2, 0) is 9.47 Å². The van der Waals surface area contributed by atoms with Crippen LogP contribution in [0.15, 0.2) is 0 Å². The molecule has 1 aliphatic carbocycles. The normalized spacial score (nSPS) is 19.5. The van der Waals surface area contributed by atoms with Crippen LogP contribution in [0.25, 0.3) is 0 Å². The molecule has 0 aromatic carbocycles. The summed E-state index contributed by atoms with van der Waals surface area (Å²) >= 11 is 3.62. The van der Waals surface area contributed by atoms with Gasteiger partial charge in [0.1, 0.15) is 0 Å². The first-order valence-electron chi connectivity index (χ1n) is 6.40. The maximum Gasteiger partial charge on any atom is 0.0700 e. The first-order chi connectivity index (χ1) is 7.68. The molecule has 3 heteroatoms. The summed E-state index contributed by atoms with van der Waals surface area (Å²) in [7, 11) is 0. The Morgan fingerprint density at radius 1 is 1.12 bits per heavy atom. The molecule has 0 spiro atoms. The lowest BCUT2D eigenvalue weighted by atomic mass is 9.90. The van der Waals surface area contributed by atoms with Crippen molar-refractivity contribution >= 4 is 15.9 Å². The molecular weight excluding hydrogens is 268 g/mol. The van der Waals surface area contributed by atoms with Gasteiger partial charge in [0.05, 0.1) is 19.8 Å². The summed E-state index contributed by atoms with van der Waals surface area (Å²) in [6.45, 7) is 7.53. The first-order valence-corrected chi connectivity index (χ1v) is 7.52. The summed E-state index contributed by atoms with van der Waals surface area (Å²) < 4.78 is 11.2. The molecule has 0 heterocycles. The molecular formula is C13H25BrO2. The molecule has 16 heavy (non-hydrogen) atoms. The highest BCUT2D eigenvalue weighted by atomic mass is 79.9. The summed E-state index contributed by atoms with van der Waals surface area (Å²) in [6, 6.07) is 0. The molecule has 1 rings (SSSR count). The third-order valence-corrected chi connectivity index (χ3v) is 4.37. The lowest BCUT2D eigenvalue weighted by molar-refractivity contribution is 0.00765. The SMILES string of the molecule is CC(C)COCCOCC1(CBr)CCCC1. The molecule has 1 aliphatic rings. The molecule has 0 atom stereocenters. The lowest BCUT2D eigenvalue weighted by Gasteiger charge is -2.26. The van der Waals surface area contributed by atoms with E-state index < -0.39 is 0 Å². The maximum absolute atomic E-state index is 5.74. The van der Waals surface area contributed by atoms with E-state index in [1.54, 1.807) is 0 Å². The lowest BCUT2D eigenvalue weighted by Crippen LogP contribution is -2.26. The van der Waals surface area contributed by atoms with E-state index in [1.807, 2.05) is 0 Å². The van der Waals surface area contributed by atoms with Gasteiger partial charge in [0, 0.05) is 17.4 Å². The third-order valence-electron chi connectivity index (χ3n) is 3.18. The zero-order valence-corrected chi connectivity index (χ0v) is 12.2. The molecule has 0 amide bonds. The van der Waals surface area contributed by atoms with Crippen LogP contribution >= 0.6 is 15.9 Å². The number of hydrogen-bond donors (Lipinski definition) is 0. The van der Waals surface area contributed by atoms with Crippen molar-refractivity contribution in [1.82, 2.24) is 0 Å². The maximum atomic E-state index is 5.74. The van der Waals surface area contributed by atoms with Gasteiger partial charge < -0.3 is 9.47 Å². The molecule has 0 saturated heterocycles. The van der Waals surface area contributed by atoms with Crippen LogP contribution in [0.2, 0.25) is 0 Å². The van der Waals surface area contributed by atoms with Crippen LogP contribution in [0.1, 0.15) is 39.5 Å². The molecule has 0 N–H and O–H groups in total. The molecule has 96 valence electrons. The minimum absolute atomic E-state index is 0.415. The molecule has 1 fully saturated rings. The summed E-state index contributed by atoms with van der Waals surface area (Å²) in [5.41, 5.74) is 0.415. The smallest absolute Gasteiger partial charge is 0.0700 e. The molecule has 0 unspecified atom stereocenters. The van der Waals surface area contributed by atoms with Crippen molar-refractivity contribution in [1.29, 1.82) is 0 Å². The largest absolute Gasteiger partial charge is 0.379 e. The van der Waals surface area contributed by atoms with Crippen molar-refractivity contribution in [3.8, 4) is 0 Å². The van der Waals surface area contributed by atoms with E-state index in [0.717, 1.165) is 31.8 Å². The average Bonchev–Trinajstić information content (AvgIpc) is 2.72. The van der Waals surface area contributed by atoms with E-state index in [1.165, 1.54) is 25.7 Å². The van der Waals surface area contributed by atoms with E-state index in [0.29, 0.717) is 11.3 Å². The summed E-state index contributed by atoms with van der Waals surface area (Å²) in [5.74, 6) is 0.615. The summed E-state index contributed by atoms with van der Waals surface area (Å²) in [4.78, 5) is 0. The quantitative estimate of drug-likeness (QED) is 0.502. The van der Waals surface area contributed by atoms with Crippen LogP contribution in [0.5, 0.6) is 0 Å². The predicted octanol–water partition coefficient (Wildman–Crippen LogP) is 3.63. The van der Waals surface area contributed by atoms with Gasteiger partial charge in [0.2, 0.25) is 0 Å². The van der Waals surface area contributed by atoms with Gasteiger partial charge in [0.25, 0.3) is 0 Å². The van der Waals surface area contributed by atoms with Crippen LogP contribution in [0, 0.1) is 11.3 Å². The molecule has 1 saturated carbocycles. The molecule has 0 aromatic heterocycles. The minimum Gasteiger partial charge on any atom is -0.379 e. The zero-order valence-electron chi connectivity index (χ0n) is 10.6. The van der Waals surface area contributed by atoms with Crippen molar-refractivity contribution in [3.63, 3.8) is 0 Å². The van der Waals surface area contributed by atoms with Crippen molar-refractivity contribution in [2.75, 3.05) is 31.8 Å². The third kappa shape index (κ3) is 5.15. The van der Waals surface area contributed by atoms with Gasteiger partial charge in [-0.2, -0.15) is 0 Å². The van der Waals surface area contributed by atoms with E-state index in [9.17, 15) is 0 Å². The Bertz CT molecular complexity index is 177. The Hall–Kier alpha value is 0.400. The highest BCUT2D eigenvalue weighted by molar-refractivity contribution is 9.09. The Labute approximate surface area is 108 Å². The number of hydrogen-bond acceptors (Lipinski definition) is 2. The highest BCUT2D eigenvalue weighted by Gasteiger charge is 2.32. The van der Waals surface area contributed by atoms with Gasteiger partial charge in [-0.15, -0.1) is 0 Å². The fourth-order valence-electron chi connectivity index (χ4n) is 2.17. The van der Waals surface area contributed by atoms with Gasteiger partial charge in [0.15, 0.2) is 0 Å². The van der Waals surface area contributed by atoms with Crippen molar-refractivity contribution < 1.29 is 9.47 Å². The van der Waals surface area contributed by atoms with Crippen LogP contribution < -0.4 is 0 Å². The van der Waals surface area contributed by atoms with E-state index >= 15 is 0 Å². The number of halogens is 1. The van der Waals surface area contributed by atoms with Crippen LogP contribution in [0.4, 0.5) is 0 Å². The van der Waals surface area contributed by atoms with E-state index in [2.05, 4.69) is 29.8 Å². The number of ether oxygens (including phenoxy) is 2. The second-order valence-corrected chi connectivity index (χ2v) is 5.92. The van der Waals surface area contributed by atoms with Gasteiger partial charge in [-0.05, 0) is 18.8 Å². The van der Waals surface area contributed by atoms with Crippen molar-refractivity contribution in [3.05, 3.63) is 0 Å². The van der Waals surface area contributed by atoms with E-state index in [4.69, 9.17) is 9.47 Å². The Kier molecular flexibility index (Phi) is 6.94. The van der Waals surface area contributed by atoms with Gasteiger partial charge in [-0.25, -0.2) is 0 Å². The molecule has 0 aliphatic heterocycles. The second-order valence-electron chi connectivity index (χ2n) is 5.36.